The van der Waals surface area contributed by atoms with E-state index in [1.54, 1.807) is 0 Å². The second kappa shape index (κ2) is 19.2. The van der Waals surface area contributed by atoms with E-state index in [0.29, 0.717) is 46.3 Å². The van der Waals surface area contributed by atoms with Gasteiger partial charge < -0.3 is 5.11 Å². The highest BCUT2D eigenvalue weighted by Crippen LogP contribution is 2.69. The molecule has 0 aromatic carbocycles. The number of hydrogen-bond donors (Lipinski definition) is 1. The van der Waals surface area contributed by atoms with Crippen LogP contribution in [0.25, 0.3) is 0 Å². The predicted molar refractivity (Wildman–Crippen MR) is 234 cm³/mol. The first-order valence-corrected chi connectivity index (χ1v) is 24.7. The van der Waals surface area contributed by atoms with Gasteiger partial charge in [0.25, 0.3) is 0 Å². The molecule has 7 aliphatic carbocycles. The van der Waals surface area contributed by atoms with Gasteiger partial charge >= 0.3 is 16.5 Å². The summed E-state index contributed by atoms with van der Waals surface area (Å²) in [6, 6.07) is 0. The maximum Gasteiger partial charge on any atom is 0.304 e. The molecule has 7 rings (SSSR count). The standard InChI is InChI=1S/C24H39ClO.C23H40O2.C2Cl2O2/c1-16(7-12-22(25)26)19-10-11-20-18-9-8-17-6-4-5-14-23(17,2)21(18)13-15-24(19,20)3;1-6-22(4)16(3)8-9-17-19-11-10-18(15(2)7-12-21(24)25)23(19,5)14-13-20(17)22;3-1(5)2(4)6/h16-21H,4-15H2,1-3H3;15-20H,6-14H2,1-5H3,(H,24,25);. The Balaban J connectivity index is 0.000000191. The van der Waals surface area contributed by atoms with Crippen LogP contribution >= 0.6 is 34.8 Å². The number of hydrogen-bond acceptors (Lipinski definition) is 4. The van der Waals surface area contributed by atoms with Gasteiger partial charge in [0.1, 0.15) is 0 Å². The number of rotatable bonds is 10. The zero-order valence-electron chi connectivity index (χ0n) is 37.0. The van der Waals surface area contributed by atoms with Gasteiger partial charge in [0.15, 0.2) is 0 Å². The molecule has 7 saturated carbocycles. The summed E-state index contributed by atoms with van der Waals surface area (Å²) in [5.41, 5.74) is 2.18. The highest BCUT2D eigenvalue weighted by atomic mass is 35.5. The van der Waals surface area contributed by atoms with E-state index in [0.717, 1.165) is 72.0 Å². The molecule has 0 aromatic rings. The van der Waals surface area contributed by atoms with Crippen LogP contribution in [0.15, 0.2) is 0 Å². The van der Waals surface area contributed by atoms with E-state index < -0.39 is 16.5 Å². The Bertz CT molecular complexity index is 1420. The van der Waals surface area contributed by atoms with Gasteiger partial charge in [0.2, 0.25) is 5.24 Å². The van der Waals surface area contributed by atoms with Crippen molar-refractivity contribution in [2.24, 2.45) is 92.7 Å². The molecule has 16 unspecified atom stereocenters. The smallest absolute Gasteiger partial charge is 0.304 e. The fourth-order valence-corrected chi connectivity index (χ4v) is 16.7. The monoisotopic (exact) mass is 852 g/mol. The Kier molecular flexibility index (Phi) is 15.9. The number of carboxylic acid groups (broad SMARTS) is 1. The van der Waals surface area contributed by atoms with Gasteiger partial charge in [-0.3, -0.25) is 19.2 Å². The summed E-state index contributed by atoms with van der Waals surface area (Å²) in [5.74, 6) is 9.68. The normalized spacial score (nSPS) is 44.1. The summed E-state index contributed by atoms with van der Waals surface area (Å²) in [4.78, 5) is 41.1. The third kappa shape index (κ3) is 9.56. The highest BCUT2D eigenvalue weighted by molar-refractivity contribution is 6.97. The average molecular weight is 855 g/mol. The number of carbonyl (C=O) groups is 4. The molecule has 0 heterocycles. The zero-order valence-corrected chi connectivity index (χ0v) is 39.3. The number of halogens is 3. The van der Waals surface area contributed by atoms with Gasteiger partial charge in [-0.25, -0.2) is 0 Å². The third-order valence-electron chi connectivity index (χ3n) is 20.0. The minimum Gasteiger partial charge on any atom is -0.481 e. The number of carbonyl (C=O) groups excluding carboxylic acids is 3. The molecule has 0 bridgehead atoms. The van der Waals surface area contributed by atoms with Gasteiger partial charge in [-0.15, -0.1) is 0 Å². The first-order valence-electron chi connectivity index (χ1n) is 23.5. The van der Waals surface area contributed by atoms with Crippen molar-refractivity contribution in [2.75, 3.05) is 0 Å². The predicted octanol–water partition coefficient (Wildman–Crippen LogP) is 14.1. The SMILES string of the molecule is CC(CCC(=O)Cl)C1CCC2C3CCC4CCCCC4(C)C3CCC12C.CCC1(C)C(C)CCC2C1CCC1(C)C(C(C)CCC(=O)O)CCC21.O=C(Cl)C(=O)Cl. The molecule has 0 aromatic heterocycles. The maximum absolute atomic E-state index is 11.2. The summed E-state index contributed by atoms with van der Waals surface area (Å²) >= 11 is 14.6. The first-order chi connectivity index (χ1) is 26.7. The van der Waals surface area contributed by atoms with Gasteiger partial charge in [-0.2, -0.15) is 0 Å². The summed E-state index contributed by atoms with van der Waals surface area (Å²) in [6.07, 6.45) is 27.2. The van der Waals surface area contributed by atoms with E-state index in [1.807, 2.05) is 0 Å². The van der Waals surface area contributed by atoms with Crippen molar-refractivity contribution in [3.05, 3.63) is 0 Å². The van der Waals surface area contributed by atoms with Crippen LogP contribution < -0.4 is 0 Å². The Morgan fingerprint density at radius 2 is 1.09 bits per heavy atom. The average Bonchev–Trinajstić information content (AvgIpc) is 3.71. The van der Waals surface area contributed by atoms with Crippen molar-refractivity contribution in [2.45, 2.75) is 190 Å². The summed E-state index contributed by atoms with van der Waals surface area (Å²) in [6.45, 7) is 20.1. The first kappa shape index (κ1) is 47.4. The van der Waals surface area contributed by atoms with Crippen molar-refractivity contribution in [1.29, 1.82) is 0 Å². The third-order valence-corrected chi connectivity index (χ3v) is 20.6. The molecule has 0 saturated heterocycles. The fraction of sp³-hybridized carbons (Fsp3) is 0.918. The molecule has 326 valence electrons. The van der Waals surface area contributed by atoms with Crippen LogP contribution in [0.4, 0.5) is 0 Å². The molecule has 0 amide bonds. The molecule has 0 radical (unpaired) electrons. The van der Waals surface area contributed by atoms with E-state index >= 15 is 0 Å². The summed E-state index contributed by atoms with van der Waals surface area (Å²) in [7, 11) is 0. The Morgan fingerprint density at radius 3 is 1.60 bits per heavy atom. The quantitative estimate of drug-likeness (QED) is 0.175. The van der Waals surface area contributed by atoms with Crippen molar-refractivity contribution in [3.8, 4) is 0 Å². The zero-order chi connectivity index (χ0) is 42.1. The molecule has 0 spiro atoms. The molecule has 16 atom stereocenters. The lowest BCUT2D eigenvalue weighted by Crippen LogP contribution is -2.53. The van der Waals surface area contributed by atoms with Crippen LogP contribution in [0.1, 0.15) is 190 Å². The van der Waals surface area contributed by atoms with Crippen LogP contribution in [0.5, 0.6) is 0 Å². The topological polar surface area (TPSA) is 88.5 Å². The fourth-order valence-electron chi connectivity index (χ4n) is 16.6. The van der Waals surface area contributed by atoms with E-state index in [1.165, 1.54) is 109 Å². The lowest BCUT2D eigenvalue weighted by Gasteiger charge is -2.61. The Labute approximate surface area is 362 Å². The van der Waals surface area contributed by atoms with Gasteiger partial charge in [0.05, 0.1) is 0 Å². The summed E-state index contributed by atoms with van der Waals surface area (Å²) in [5, 5.41) is 6.63. The summed E-state index contributed by atoms with van der Waals surface area (Å²) < 4.78 is 0. The van der Waals surface area contributed by atoms with E-state index in [-0.39, 0.29) is 5.24 Å². The van der Waals surface area contributed by atoms with Crippen LogP contribution in [-0.4, -0.2) is 26.8 Å². The van der Waals surface area contributed by atoms with E-state index in [2.05, 4.69) is 78.6 Å². The van der Waals surface area contributed by atoms with Gasteiger partial charge in [-0.1, -0.05) is 74.7 Å². The Morgan fingerprint density at radius 1 is 0.596 bits per heavy atom. The molecule has 1 N–H and O–H groups in total. The van der Waals surface area contributed by atoms with Crippen LogP contribution in [0, 0.1) is 92.7 Å². The van der Waals surface area contributed by atoms with Crippen LogP contribution in [-0.2, 0) is 19.2 Å². The largest absolute Gasteiger partial charge is 0.481 e. The molecule has 7 fully saturated rings. The highest BCUT2D eigenvalue weighted by Gasteiger charge is 2.61. The minimum atomic E-state index is -1.14. The van der Waals surface area contributed by atoms with Gasteiger partial charge in [-0.05, 0) is 230 Å². The molecule has 0 aliphatic heterocycles. The molecular weight excluding hydrogens is 775 g/mol. The molecule has 5 nitrogen and oxygen atoms in total. The van der Waals surface area contributed by atoms with Crippen LogP contribution in [0.3, 0.4) is 0 Å². The lowest BCUT2D eigenvalue weighted by atomic mass is 9.44. The van der Waals surface area contributed by atoms with Gasteiger partial charge in [0, 0.05) is 12.8 Å². The van der Waals surface area contributed by atoms with E-state index in [9.17, 15) is 19.2 Å². The second-order valence-electron chi connectivity index (χ2n) is 21.9. The van der Waals surface area contributed by atoms with Crippen molar-refractivity contribution >= 4 is 56.5 Å². The van der Waals surface area contributed by atoms with Crippen molar-refractivity contribution in [3.63, 3.8) is 0 Å². The van der Waals surface area contributed by atoms with Crippen LogP contribution in [0.2, 0.25) is 0 Å². The molecule has 57 heavy (non-hydrogen) atoms. The number of carboxylic acids is 1. The van der Waals surface area contributed by atoms with Crippen molar-refractivity contribution in [1.82, 2.24) is 0 Å². The number of fused-ring (bicyclic) bond motifs is 8. The maximum atomic E-state index is 11.2. The molecular formula is C49H79Cl3O5. The lowest BCUT2D eigenvalue weighted by molar-refractivity contribution is -0.137. The van der Waals surface area contributed by atoms with E-state index in [4.69, 9.17) is 16.7 Å². The number of aliphatic carboxylic acids is 1. The van der Waals surface area contributed by atoms with Crippen molar-refractivity contribution < 1.29 is 24.3 Å². The second-order valence-corrected chi connectivity index (χ2v) is 23.0. The Hall–Kier alpha value is -0.650. The minimum absolute atomic E-state index is 0.149. The molecule has 8 heteroatoms. The molecule has 7 aliphatic rings.